The van der Waals surface area contributed by atoms with Gasteiger partial charge in [-0.15, -0.1) is 0 Å². The topological polar surface area (TPSA) is 62.6 Å². The molecule has 6 rings (SSSR count). The lowest BCUT2D eigenvalue weighted by atomic mass is 9.68. The van der Waals surface area contributed by atoms with E-state index in [1.807, 2.05) is 42.5 Å². The number of fused-ring (bicyclic) bond motifs is 6. The van der Waals surface area contributed by atoms with Crippen LogP contribution in [0.5, 0.6) is 0 Å². The molecule has 0 aliphatic carbocycles. The van der Waals surface area contributed by atoms with Crippen LogP contribution in [0.2, 0.25) is 0 Å². The number of benzene rings is 3. The van der Waals surface area contributed by atoms with Gasteiger partial charge in [-0.2, -0.15) is 5.26 Å². The van der Waals surface area contributed by atoms with Gasteiger partial charge in [-0.3, -0.25) is 0 Å². The second kappa shape index (κ2) is 7.85. The highest BCUT2D eigenvalue weighted by molar-refractivity contribution is 5.98. The Kier molecular flexibility index (Phi) is 4.89. The van der Waals surface area contributed by atoms with Crippen molar-refractivity contribution in [1.82, 2.24) is 0 Å². The molecule has 3 aliphatic rings. The average molecular weight is 453 g/mol. The molecule has 4 atom stereocenters. The predicted octanol–water partition coefficient (Wildman–Crippen LogP) is 5.33. The van der Waals surface area contributed by atoms with E-state index in [4.69, 9.17) is 9.47 Å². The van der Waals surface area contributed by atoms with Gasteiger partial charge in [0.1, 0.15) is 0 Å². The number of esters is 1. The number of carbonyl (C=O) groups is 1. The van der Waals surface area contributed by atoms with E-state index in [1.54, 1.807) is 12.1 Å². The van der Waals surface area contributed by atoms with Crippen LogP contribution in [0.25, 0.3) is 10.8 Å². The molecule has 0 radical (unpaired) electrons. The number of nitrogens with zero attached hydrogens (tertiary/aromatic N) is 2. The molecule has 5 heteroatoms. The highest BCUT2D eigenvalue weighted by atomic mass is 16.6. The van der Waals surface area contributed by atoms with Crippen molar-refractivity contribution in [2.45, 2.75) is 37.4 Å². The zero-order chi connectivity index (χ0) is 23.3. The average Bonchev–Trinajstić information content (AvgIpc) is 3.53. The normalized spacial score (nSPS) is 29.2. The van der Waals surface area contributed by atoms with E-state index in [1.165, 1.54) is 5.69 Å². The van der Waals surface area contributed by atoms with E-state index < -0.39 is 0 Å². The molecule has 0 spiro atoms. The zero-order valence-corrected chi connectivity index (χ0v) is 19.4. The van der Waals surface area contributed by atoms with Crippen LogP contribution in [-0.2, 0) is 9.47 Å². The lowest BCUT2D eigenvalue weighted by Crippen LogP contribution is -2.40. The minimum Gasteiger partial charge on any atom is -0.462 e. The van der Waals surface area contributed by atoms with Crippen LogP contribution in [0.4, 0.5) is 5.69 Å². The van der Waals surface area contributed by atoms with Gasteiger partial charge in [0.2, 0.25) is 0 Å². The molecule has 0 amide bonds. The molecule has 4 unspecified atom stereocenters. The first-order valence-electron chi connectivity index (χ1n) is 12.1. The molecule has 0 saturated carbocycles. The van der Waals surface area contributed by atoms with Crippen LogP contribution in [0.3, 0.4) is 0 Å². The van der Waals surface area contributed by atoms with Gasteiger partial charge in [-0.25, -0.2) is 4.79 Å². The Labute approximate surface area is 199 Å². The number of anilines is 1. The van der Waals surface area contributed by atoms with Crippen molar-refractivity contribution in [2.24, 2.45) is 11.8 Å². The van der Waals surface area contributed by atoms with Crippen molar-refractivity contribution in [1.29, 1.82) is 5.26 Å². The molecule has 34 heavy (non-hydrogen) atoms. The largest absolute Gasteiger partial charge is 0.462 e. The number of carbonyl (C=O) groups excluding carboxylic acids is 1. The highest BCUT2D eigenvalue weighted by Crippen LogP contribution is 2.61. The summed E-state index contributed by atoms with van der Waals surface area (Å²) in [6.45, 7) is 4.49. The Morgan fingerprint density at radius 1 is 1.03 bits per heavy atom. The first kappa shape index (κ1) is 21.2. The number of hydrogen-bond acceptors (Lipinski definition) is 5. The van der Waals surface area contributed by atoms with Gasteiger partial charge in [-0.1, -0.05) is 42.5 Å². The van der Waals surface area contributed by atoms with Crippen molar-refractivity contribution in [3.05, 3.63) is 77.9 Å². The number of rotatable bonds is 5. The van der Waals surface area contributed by atoms with E-state index in [9.17, 15) is 10.1 Å². The summed E-state index contributed by atoms with van der Waals surface area (Å²) in [4.78, 5) is 14.9. The summed E-state index contributed by atoms with van der Waals surface area (Å²) < 4.78 is 12.4. The molecular formula is C29H28N2O3. The third-order valence-electron chi connectivity index (χ3n) is 8.39. The second-order valence-corrected chi connectivity index (χ2v) is 10.1. The van der Waals surface area contributed by atoms with Crippen LogP contribution in [0, 0.1) is 23.2 Å². The maximum Gasteiger partial charge on any atom is 0.338 e. The SMILES string of the molecule is CC12CCC(CCOC(=O)c3ccccc3)(O1)C1CN(c3ccc(C#N)c4ccccc34)CC12. The number of ether oxygens (including phenoxy) is 2. The summed E-state index contributed by atoms with van der Waals surface area (Å²) in [7, 11) is 0. The molecule has 3 saturated heterocycles. The van der Waals surface area contributed by atoms with Crippen LogP contribution < -0.4 is 4.90 Å². The molecular weight excluding hydrogens is 424 g/mol. The van der Waals surface area contributed by atoms with Crippen LogP contribution in [-0.4, -0.2) is 36.9 Å². The fourth-order valence-corrected chi connectivity index (χ4v) is 6.69. The fraction of sp³-hybridized carbons (Fsp3) is 0.379. The molecule has 3 heterocycles. The molecule has 3 aliphatic heterocycles. The Balaban J connectivity index is 1.23. The summed E-state index contributed by atoms with van der Waals surface area (Å²) in [6.07, 6.45) is 2.78. The lowest BCUT2D eigenvalue weighted by Gasteiger charge is -2.33. The summed E-state index contributed by atoms with van der Waals surface area (Å²) >= 11 is 0. The summed E-state index contributed by atoms with van der Waals surface area (Å²) in [5, 5.41) is 11.7. The fourth-order valence-electron chi connectivity index (χ4n) is 6.69. The third kappa shape index (κ3) is 3.20. The minimum absolute atomic E-state index is 0.134. The van der Waals surface area contributed by atoms with Crippen LogP contribution in [0.15, 0.2) is 66.7 Å². The molecule has 172 valence electrons. The molecule has 0 aromatic heterocycles. The Hall–Kier alpha value is -3.36. The van der Waals surface area contributed by atoms with Gasteiger partial charge in [-0.05, 0) is 44.0 Å². The van der Waals surface area contributed by atoms with Crippen molar-refractivity contribution < 1.29 is 14.3 Å². The lowest BCUT2D eigenvalue weighted by molar-refractivity contribution is -0.0675. The molecule has 0 N–H and O–H groups in total. The van der Waals surface area contributed by atoms with Gasteiger partial charge in [0, 0.05) is 47.8 Å². The van der Waals surface area contributed by atoms with E-state index in [2.05, 4.69) is 30.0 Å². The Morgan fingerprint density at radius 3 is 2.56 bits per heavy atom. The third-order valence-corrected chi connectivity index (χ3v) is 8.39. The van der Waals surface area contributed by atoms with Crippen molar-refractivity contribution in [3.8, 4) is 6.07 Å². The van der Waals surface area contributed by atoms with Gasteiger partial charge in [0.15, 0.2) is 0 Å². The summed E-state index contributed by atoms with van der Waals surface area (Å²) in [5.41, 5.74) is 2.11. The minimum atomic E-state index is -0.274. The first-order chi connectivity index (χ1) is 16.5. The molecule has 2 bridgehead atoms. The van der Waals surface area contributed by atoms with Gasteiger partial charge >= 0.3 is 5.97 Å². The van der Waals surface area contributed by atoms with Crippen molar-refractivity contribution >= 4 is 22.4 Å². The van der Waals surface area contributed by atoms with E-state index in [0.717, 1.165) is 43.1 Å². The van der Waals surface area contributed by atoms with E-state index in [0.29, 0.717) is 29.6 Å². The smallest absolute Gasteiger partial charge is 0.338 e. The van der Waals surface area contributed by atoms with E-state index >= 15 is 0 Å². The van der Waals surface area contributed by atoms with E-state index in [-0.39, 0.29) is 17.2 Å². The standard InChI is InChI=1S/C29H28N2O3/c1-28-13-14-29(34-28,15-16-33-27(32)20-7-3-2-4-8-20)25-19-31(18-24(25)28)26-12-11-21(17-30)22-9-5-6-10-23(22)26/h2-12,24-25H,13-16,18-19H2,1H3. The highest BCUT2D eigenvalue weighted by Gasteiger charge is 2.67. The van der Waals surface area contributed by atoms with Crippen LogP contribution in [0.1, 0.15) is 42.1 Å². The molecule has 5 nitrogen and oxygen atoms in total. The second-order valence-electron chi connectivity index (χ2n) is 10.1. The van der Waals surface area contributed by atoms with Gasteiger partial charge in [0.05, 0.1) is 35.0 Å². The van der Waals surface area contributed by atoms with Crippen molar-refractivity contribution in [3.63, 3.8) is 0 Å². The molecule has 3 aromatic carbocycles. The Bertz CT molecular complexity index is 1300. The quantitative estimate of drug-likeness (QED) is 0.490. The van der Waals surface area contributed by atoms with Gasteiger partial charge in [0.25, 0.3) is 0 Å². The zero-order valence-electron chi connectivity index (χ0n) is 19.4. The summed E-state index contributed by atoms with van der Waals surface area (Å²) in [6, 6.07) is 23.7. The monoisotopic (exact) mass is 452 g/mol. The summed E-state index contributed by atoms with van der Waals surface area (Å²) in [5.74, 6) is 0.570. The molecule has 3 fully saturated rings. The maximum atomic E-state index is 12.4. The first-order valence-corrected chi connectivity index (χ1v) is 12.1. The Morgan fingerprint density at radius 2 is 1.76 bits per heavy atom. The van der Waals surface area contributed by atoms with Gasteiger partial charge < -0.3 is 14.4 Å². The number of hydrogen-bond donors (Lipinski definition) is 0. The van der Waals surface area contributed by atoms with Crippen molar-refractivity contribution in [2.75, 3.05) is 24.6 Å². The maximum absolute atomic E-state index is 12.4. The predicted molar refractivity (Wildman–Crippen MR) is 131 cm³/mol. The number of nitriles is 1. The molecule has 3 aromatic rings. The van der Waals surface area contributed by atoms with Crippen LogP contribution >= 0.6 is 0 Å².